The Kier molecular flexibility index (Phi) is 10.7. The molecule has 192 valence electrons. The van der Waals surface area contributed by atoms with E-state index in [-0.39, 0.29) is 5.75 Å². The Morgan fingerprint density at radius 1 is 0.784 bits per heavy atom. The number of nitrogens with one attached hydrogen (secondary N) is 2. The maximum absolute atomic E-state index is 12.9. The van der Waals surface area contributed by atoms with Crippen molar-refractivity contribution in [1.82, 2.24) is 10.6 Å². The molecule has 0 aromatic heterocycles. The molecular weight excluding hydrogens is 492 g/mol. The topological polar surface area (TPSA) is 111 Å². The maximum Gasteiger partial charge on any atom is 0.333 e. The Balaban J connectivity index is 1.58. The summed E-state index contributed by atoms with van der Waals surface area (Å²) in [4.78, 5) is 50.3. The van der Waals surface area contributed by atoms with Crippen LogP contribution in [0.2, 0.25) is 0 Å². The molecule has 3 aromatic rings. The predicted octanol–water partition coefficient (Wildman–Crippen LogP) is 3.29. The van der Waals surface area contributed by atoms with Crippen LogP contribution in [-0.2, 0) is 29.6 Å². The Morgan fingerprint density at radius 2 is 1.38 bits per heavy atom. The molecule has 9 heteroatoms. The Hall–Kier alpha value is -4.11. The van der Waals surface area contributed by atoms with E-state index in [9.17, 15) is 19.2 Å². The summed E-state index contributed by atoms with van der Waals surface area (Å²) in [7, 11) is 1.24. The fraction of sp³-hybridized carbons (Fsp3) is 0.214. The number of carbonyl (C=O) groups is 4. The van der Waals surface area contributed by atoms with E-state index in [1.807, 2.05) is 30.3 Å². The van der Waals surface area contributed by atoms with E-state index in [1.54, 1.807) is 60.7 Å². The minimum atomic E-state index is -1.13. The lowest BCUT2D eigenvalue weighted by molar-refractivity contribution is -0.151. The molecule has 2 amide bonds. The van der Waals surface area contributed by atoms with Crippen LogP contribution < -0.4 is 10.6 Å². The summed E-state index contributed by atoms with van der Waals surface area (Å²) < 4.78 is 10.0. The van der Waals surface area contributed by atoms with Crippen molar-refractivity contribution in [1.29, 1.82) is 0 Å². The summed E-state index contributed by atoms with van der Waals surface area (Å²) in [6.07, 6.45) is 0. The summed E-state index contributed by atoms with van der Waals surface area (Å²) in [5.74, 6) is -1.60. The van der Waals surface area contributed by atoms with Gasteiger partial charge in [0.15, 0.2) is 12.6 Å². The molecule has 0 aliphatic carbocycles. The van der Waals surface area contributed by atoms with Crippen molar-refractivity contribution < 1.29 is 28.7 Å². The average molecular weight is 521 g/mol. The molecule has 0 fully saturated rings. The minimum absolute atomic E-state index is 0.279. The molecule has 0 aliphatic heterocycles. The molecule has 0 radical (unpaired) electrons. The fourth-order valence-electron chi connectivity index (χ4n) is 3.36. The summed E-state index contributed by atoms with van der Waals surface area (Å²) in [6, 6.07) is 24.7. The first kappa shape index (κ1) is 27.5. The molecule has 0 spiro atoms. The van der Waals surface area contributed by atoms with Crippen molar-refractivity contribution in [2.45, 2.75) is 17.8 Å². The van der Waals surface area contributed by atoms with E-state index in [4.69, 9.17) is 9.47 Å². The number of carbonyl (C=O) groups excluding carboxylic acids is 4. The van der Waals surface area contributed by atoms with E-state index in [2.05, 4.69) is 10.6 Å². The first-order valence-electron chi connectivity index (χ1n) is 11.5. The second-order valence-electron chi connectivity index (χ2n) is 7.93. The van der Waals surface area contributed by atoms with Crippen molar-refractivity contribution in [3.63, 3.8) is 0 Å². The standard InChI is InChI=1S/C28H28N2O6S/c1-35-27(33)23(19-37-18-20-11-5-2-6-12-20)29-24(31)17-36-28(34)25(21-13-7-3-8-14-21)30-26(32)22-15-9-4-10-16-22/h2-16,23,25H,17-19H2,1H3,(H,29,31)(H,30,32)/t23-,25+/m0/s1. The van der Waals surface area contributed by atoms with Gasteiger partial charge in [0.25, 0.3) is 11.8 Å². The van der Waals surface area contributed by atoms with Crippen molar-refractivity contribution in [3.05, 3.63) is 108 Å². The second kappa shape index (κ2) is 14.4. The molecule has 3 rings (SSSR count). The highest BCUT2D eigenvalue weighted by Gasteiger charge is 2.27. The van der Waals surface area contributed by atoms with Gasteiger partial charge in [0.05, 0.1) is 7.11 Å². The lowest BCUT2D eigenvalue weighted by atomic mass is 10.1. The van der Waals surface area contributed by atoms with Gasteiger partial charge in [-0.15, -0.1) is 0 Å². The zero-order valence-corrected chi connectivity index (χ0v) is 21.1. The van der Waals surface area contributed by atoms with Crippen molar-refractivity contribution in [2.75, 3.05) is 19.5 Å². The summed E-state index contributed by atoms with van der Waals surface area (Å²) in [5.41, 5.74) is 1.96. The van der Waals surface area contributed by atoms with Crippen molar-refractivity contribution >= 4 is 35.5 Å². The molecular formula is C28H28N2O6S. The highest BCUT2D eigenvalue weighted by atomic mass is 32.2. The quantitative estimate of drug-likeness (QED) is 0.353. The van der Waals surface area contributed by atoms with Crippen LogP contribution in [0.15, 0.2) is 91.0 Å². The van der Waals surface area contributed by atoms with Crippen LogP contribution in [0.5, 0.6) is 0 Å². The molecule has 0 saturated carbocycles. The Labute approximate surface area is 219 Å². The van der Waals surface area contributed by atoms with Crippen molar-refractivity contribution in [3.8, 4) is 0 Å². The number of methoxy groups -OCH3 is 1. The van der Waals surface area contributed by atoms with E-state index < -0.39 is 42.4 Å². The smallest absolute Gasteiger partial charge is 0.333 e. The zero-order chi connectivity index (χ0) is 26.5. The number of hydrogen-bond acceptors (Lipinski definition) is 7. The van der Waals surface area contributed by atoms with E-state index in [1.165, 1.54) is 18.9 Å². The van der Waals surface area contributed by atoms with Crippen LogP contribution in [0.3, 0.4) is 0 Å². The number of ether oxygens (including phenoxy) is 2. The van der Waals surface area contributed by atoms with Crippen molar-refractivity contribution in [2.24, 2.45) is 0 Å². The van der Waals surface area contributed by atoms with E-state index in [0.29, 0.717) is 16.9 Å². The number of amides is 2. The van der Waals surface area contributed by atoms with Crippen LogP contribution in [0.1, 0.15) is 27.5 Å². The lowest BCUT2D eigenvalue weighted by Gasteiger charge is -2.19. The molecule has 0 heterocycles. The average Bonchev–Trinajstić information content (AvgIpc) is 2.95. The van der Waals surface area contributed by atoms with Gasteiger partial charge < -0.3 is 20.1 Å². The lowest BCUT2D eigenvalue weighted by Crippen LogP contribution is -2.45. The molecule has 0 unspecified atom stereocenters. The molecule has 8 nitrogen and oxygen atoms in total. The second-order valence-corrected chi connectivity index (χ2v) is 8.97. The van der Waals surface area contributed by atoms with Gasteiger partial charge in [-0.05, 0) is 23.3 Å². The highest BCUT2D eigenvalue weighted by molar-refractivity contribution is 7.98. The third-order valence-electron chi connectivity index (χ3n) is 5.24. The van der Waals surface area contributed by atoms with Crippen LogP contribution in [0, 0.1) is 0 Å². The summed E-state index contributed by atoms with van der Waals surface area (Å²) in [5, 5.41) is 5.22. The number of esters is 2. The van der Waals surface area contributed by atoms with Gasteiger partial charge in [-0.25, -0.2) is 9.59 Å². The maximum atomic E-state index is 12.9. The molecule has 3 aromatic carbocycles. The van der Waals surface area contributed by atoms with Crippen LogP contribution in [0.4, 0.5) is 0 Å². The largest absolute Gasteiger partial charge is 0.467 e. The number of rotatable bonds is 12. The minimum Gasteiger partial charge on any atom is -0.467 e. The first-order valence-corrected chi connectivity index (χ1v) is 12.7. The normalized spacial score (nSPS) is 12.0. The Morgan fingerprint density at radius 3 is 2.00 bits per heavy atom. The zero-order valence-electron chi connectivity index (χ0n) is 20.3. The van der Waals surface area contributed by atoms with E-state index >= 15 is 0 Å². The molecule has 2 N–H and O–H groups in total. The third-order valence-corrected chi connectivity index (χ3v) is 6.35. The number of hydrogen-bond donors (Lipinski definition) is 2. The van der Waals surface area contributed by atoms with Gasteiger partial charge in [-0.3, -0.25) is 9.59 Å². The molecule has 0 aliphatic rings. The molecule has 0 bridgehead atoms. The fourth-order valence-corrected chi connectivity index (χ4v) is 4.36. The summed E-state index contributed by atoms with van der Waals surface area (Å²) >= 11 is 1.46. The summed E-state index contributed by atoms with van der Waals surface area (Å²) in [6.45, 7) is -0.625. The highest BCUT2D eigenvalue weighted by Crippen LogP contribution is 2.16. The van der Waals surface area contributed by atoms with Gasteiger partial charge in [0.1, 0.15) is 6.04 Å². The molecule has 37 heavy (non-hydrogen) atoms. The predicted molar refractivity (Wildman–Crippen MR) is 141 cm³/mol. The first-order chi connectivity index (χ1) is 18.0. The SMILES string of the molecule is COC(=O)[C@H](CSCc1ccccc1)NC(=O)COC(=O)[C@H](NC(=O)c1ccccc1)c1ccccc1. The van der Waals surface area contributed by atoms with Crippen LogP contribution in [-0.4, -0.2) is 49.3 Å². The molecule has 0 saturated heterocycles. The third kappa shape index (κ3) is 8.80. The Bertz CT molecular complexity index is 1180. The van der Waals surface area contributed by atoms with Gasteiger partial charge in [0, 0.05) is 17.1 Å². The number of thioether (sulfide) groups is 1. The monoisotopic (exact) mass is 520 g/mol. The van der Waals surface area contributed by atoms with E-state index in [0.717, 1.165) is 5.56 Å². The van der Waals surface area contributed by atoms with Gasteiger partial charge in [-0.1, -0.05) is 78.9 Å². The molecule has 2 atom stereocenters. The number of benzene rings is 3. The van der Waals surface area contributed by atoms with Gasteiger partial charge in [-0.2, -0.15) is 11.8 Å². The van der Waals surface area contributed by atoms with Crippen LogP contribution >= 0.6 is 11.8 Å². The van der Waals surface area contributed by atoms with Gasteiger partial charge in [0.2, 0.25) is 0 Å². The van der Waals surface area contributed by atoms with Crippen LogP contribution in [0.25, 0.3) is 0 Å². The van der Waals surface area contributed by atoms with Gasteiger partial charge >= 0.3 is 11.9 Å².